The van der Waals surface area contributed by atoms with Crippen LogP contribution in [0, 0.1) is 0 Å². The minimum atomic E-state index is -0.672. The number of aliphatic hydroxyl groups excluding tert-OH is 1. The number of aliphatic hydroxyl groups is 1. The van der Waals surface area contributed by atoms with Gasteiger partial charge in [0.1, 0.15) is 5.75 Å². The third-order valence-corrected chi connectivity index (χ3v) is 5.50. The van der Waals surface area contributed by atoms with Crippen molar-refractivity contribution >= 4 is 28.9 Å². The SMILES string of the molecule is COc1ccc(CCCOCCCCCNCC(O)c2cc(Cl)c(N)c(Cl)c2)cc1. The third kappa shape index (κ3) is 8.70. The van der Waals surface area contributed by atoms with E-state index in [0.717, 1.165) is 57.6 Å². The lowest BCUT2D eigenvalue weighted by Gasteiger charge is -2.14. The predicted octanol–water partition coefficient (Wildman–Crippen LogP) is 5.03. The lowest BCUT2D eigenvalue weighted by atomic mass is 10.1. The van der Waals surface area contributed by atoms with Gasteiger partial charge in [0.2, 0.25) is 0 Å². The number of unbranched alkanes of at least 4 members (excludes halogenated alkanes) is 2. The highest BCUT2D eigenvalue weighted by molar-refractivity contribution is 6.38. The fraction of sp³-hybridized carbons (Fsp3) is 0.478. The lowest BCUT2D eigenvalue weighted by Crippen LogP contribution is -2.22. The van der Waals surface area contributed by atoms with Gasteiger partial charge < -0.3 is 25.6 Å². The molecule has 2 aromatic carbocycles. The van der Waals surface area contributed by atoms with E-state index in [1.807, 2.05) is 12.1 Å². The van der Waals surface area contributed by atoms with E-state index in [0.29, 0.717) is 27.8 Å². The minimum absolute atomic E-state index is 0.338. The Bertz CT molecular complexity index is 734. The van der Waals surface area contributed by atoms with Gasteiger partial charge in [-0.2, -0.15) is 0 Å². The van der Waals surface area contributed by atoms with Gasteiger partial charge in [-0.05, 0) is 74.0 Å². The first-order chi connectivity index (χ1) is 14.5. The Morgan fingerprint density at radius 3 is 2.33 bits per heavy atom. The molecule has 0 heterocycles. The molecule has 0 bridgehead atoms. The van der Waals surface area contributed by atoms with Crippen LogP contribution in [-0.2, 0) is 11.2 Å². The molecule has 0 saturated carbocycles. The van der Waals surface area contributed by atoms with Crippen molar-refractivity contribution in [3.05, 3.63) is 57.6 Å². The molecule has 5 nitrogen and oxygen atoms in total. The molecule has 2 aromatic rings. The summed E-state index contributed by atoms with van der Waals surface area (Å²) in [6, 6.07) is 11.5. The maximum atomic E-state index is 10.2. The van der Waals surface area contributed by atoms with Crippen molar-refractivity contribution < 1.29 is 14.6 Å². The summed E-state index contributed by atoms with van der Waals surface area (Å²) in [5, 5.41) is 14.2. The molecule has 0 aliphatic heterocycles. The van der Waals surface area contributed by atoms with Gasteiger partial charge in [0, 0.05) is 19.8 Å². The summed E-state index contributed by atoms with van der Waals surface area (Å²) >= 11 is 12.0. The zero-order valence-electron chi connectivity index (χ0n) is 17.5. The van der Waals surface area contributed by atoms with Crippen LogP contribution >= 0.6 is 23.2 Å². The summed E-state index contributed by atoms with van der Waals surface area (Å²) in [6.07, 6.45) is 4.52. The number of hydrogen-bond acceptors (Lipinski definition) is 5. The topological polar surface area (TPSA) is 76.7 Å². The summed E-state index contributed by atoms with van der Waals surface area (Å²) in [5.74, 6) is 0.887. The van der Waals surface area contributed by atoms with Crippen molar-refractivity contribution in [1.82, 2.24) is 5.32 Å². The zero-order valence-corrected chi connectivity index (χ0v) is 19.0. The highest BCUT2D eigenvalue weighted by Crippen LogP contribution is 2.31. The molecule has 1 atom stereocenters. The summed E-state index contributed by atoms with van der Waals surface area (Å²) in [7, 11) is 1.68. The number of nitrogen functional groups attached to an aromatic ring is 1. The van der Waals surface area contributed by atoms with Gasteiger partial charge in [-0.15, -0.1) is 0 Å². The maximum Gasteiger partial charge on any atom is 0.118 e. The number of benzene rings is 2. The fourth-order valence-corrected chi connectivity index (χ4v) is 3.56. The van der Waals surface area contributed by atoms with Gasteiger partial charge in [-0.1, -0.05) is 35.3 Å². The van der Waals surface area contributed by atoms with Crippen LogP contribution in [0.2, 0.25) is 10.0 Å². The second-order valence-electron chi connectivity index (χ2n) is 7.24. The van der Waals surface area contributed by atoms with Gasteiger partial charge in [0.05, 0.1) is 28.9 Å². The zero-order chi connectivity index (χ0) is 21.8. The third-order valence-electron chi connectivity index (χ3n) is 4.88. The molecule has 0 aromatic heterocycles. The van der Waals surface area contributed by atoms with Crippen molar-refractivity contribution in [1.29, 1.82) is 0 Å². The van der Waals surface area contributed by atoms with Gasteiger partial charge in [-0.25, -0.2) is 0 Å². The average Bonchev–Trinajstić information content (AvgIpc) is 2.75. The van der Waals surface area contributed by atoms with E-state index in [1.54, 1.807) is 19.2 Å². The summed E-state index contributed by atoms with van der Waals surface area (Å²) < 4.78 is 10.9. The molecule has 0 saturated heterocycles. The van der Waals surface area contributed by atoms with Crippen LogP contribution in [0.25, 0.3) is 0 Å². The molecule has 0 spiro atoms. The Morgan fingerprint density at radius 1 is 1.00 bits per heavy atom. The normalized spacial score (nSPS) is 12.1. The number of rotatable bonds is 14. The number of nitrogens with one attached hydrogen (secondary N) is 1. The molecule has 166 valence electrons. The second kappa shape index (κ2) is 13.7. The number of hydrogen-bond donors (Lipinski definition) is 3. The van der Waals surface area contributed by atoms with Crippen LogP contribution < -0.4 is 15.8 Å². The summed E-state index contributed by atoms with van der Waals surface area (Å²) in [4.78, 5) is 0. The summed E-state index contributed by atoms with van der Waals surface area (Å²) in [5.41, 5.74) is 8.02. The Balaban J connectivity index is 1.45. The van der Waals surface area contributed by atoms with Crippen molar-refractivity contribution in [3.8, 4) is 5.75 Å². The molecule has 2 rings (SSSR count). The number of nitrogens with two attached hydrogens (primary N) is 1. The molecule has 0 amide bonds. The van der Waals surface area contributed by atoms with Crippen LogP contribution in [0.3, 0.4) is 0 Å². The van der Waals surface area contributed by atoms with Crippen LogP contribution in [0.5, 0.6) is 5.75 Å². The van der Waals surface area contributed by atoms with Crippen molar-refractivity contribution in [3.63, 3.8) is 0 Å². The molecule has 30 heavy (non-hydrogen) atoms. The second-order valence-corrected chi connectivity index (χ2v) is 8.06. The monoisotopic (exact) mass is 454 g/mol. The molecule has 0 aliphatic rings. The Labute approximate surface area is 189 Å². The minimum Gasteiger partial charge on any atom is -0.497 e. The first-order valence-electron chi connectivity index (χ1n) is 10.3. The van der Waals surface area contributed by atoms with Gasteiger partial charge in [0.25, 0.3) is 0 Å². The number of aryl methyl sites for hydroxylation is 1. The van der Waals surface area contributed by atoms with E-state index < -0.39 is 6.10 Å². The van der Waals surface area contributed by atoms with E-state index in [-0.39, 0.29) is 0 Å². The largest absolute Gasteiger partial charge is 0.497 e. The standard InChI is InChI=1S/C23H32Cl2N2O3/c1-29-19-9-7-17(8-10-19)6-5-13-30-12-4-2-3-11-27-16-22(28)18-14-20(24)23(26)21(25)15-18/h7-10,14-15,22,27-28H,2-6,11-13,16,26H2,1H3. The lowest BCUT2D eigenvalue weighted by molar-refractivity contribution is 0.127. The van der Waals surface area contributed by atoms with Crippen molar-refractivity contribution in [2.45, 2.75) is 38.2 Å². The van der Waals surface area contributed by atoms with Gasteiger partial charge in [0.15, 0.2) is 0 Å². The highest BCUT2D eigenvalue weighted by Gasteiger charge is 2.11. The number of anilines is 1. The first kappa shape index (κ1) is 24.8. The van der Waals surface area contributed by atoms with E-state index in [2.05, 4.69) is 17.4 Å². The Morgan fingerprint density at radius 2 is 1.67 bits per heavy atom. The van der Waals surface area contributed by atoms with Crippen LogP contribution in [-0.4, -0.2) is 38.5 Å². The Kier molecular flexibility index (Phi) is 11.3. The molecular weight excluding hydrogens is 423 g/mol. The molecule has 0 fully saturated rings. The molecule has 7 heteroatoms. The number of methoxy groups -OCH3 is 1. The fourth-order valence-electron chi connectivity index (χ4n) is 3.06. The van der Waals surface area contributed by atoms with E-state index in [9.17, 15) is 5.11 Å². The van der Waals surface area contributed by atoms with Gasteiger partial charge in [-0.3, -0.25) is 0 Å². The van der Waals surface area contributed by atoms with Crippen LogP contribution in [0.4, 0.5) is 5.69 Å². The highest BCUT2D eigenvalue weighted by atomic mass is 35.5. The number of halogens is 2. The summed E-state index contributed by atoms with van der Waals surface area (Å²) in [6.45, 7) is 2.85. The molecular formula is C23H32Cl2N2O3. The smallest absolute Gasteiger partial charge is 0.118 e. The van der Waals surface area contributed by atoms with Crippen LogP contribution in [0.1, 0.15) is 42.9 Å². The van der Waals surface area contributed by atoms with E-state index >= 15 is 0 Å². The molecule has 0 radical (unpaired) electrons. The number of ether oxygens (including phenoxy) is 2. The van der Waals surface area contributed by atoms with Gasteiger partial charge >= 0.3 is 0 Å². The van der Waals surface area contributed by atoms with E-state index in [1.165, 1.54) is 5.56 Å². The molecule has 1 unspecified atom stereocenters. The van der Waals surface area contributed by atoms with Crippen molar-refractivity contribution in [2.75, 3.05) is 39.1 Å². The first-order valence-corrected chi connectivity index (χ1v) is 11.1. The predicted molar refractivity (Wildman–Crippen MR) is 125 cm³/mol. The van der Waals surface area contributed by atoms with Crippen molar-refractivity contribution in [2.24, 2.45) is 0 Å². The Hall–Kier alpha value is -1.50. The quantitative estimate of drug-likeness (QED) is 0.275. The molecule has 0 aliphatic carbocycles. The van der Waals surface area contributed by atoms with Crippen LogP contribution in [0.15, 0.2) is 36.4 Å². The molecule has 4 N–H and O–H groups in total. The maximum absolute atomic E-state index is 10.2. The van der Waals surface area contributed by atoms with E-state index in [4.69, 9.17) is 38.4 Å². The average molecular weight is 455 g/mol.